The minimum absolute atomic E-state index is 0.503. The summed E-state index contributed by atoms with van der Waals surface area (Å²) in [5, 5.41) is 4.42. The standard InChI is InChI=1S/C66H43N3/c1-5-22-44(23-6-1)48-30-13-18-35-56(48)63-67-64(57-42-40-49(45-24-7-2-8-25-45)50-31-14-16-33-52(50)57)69-65(68-63)58-43-41-54(51-32-15-17-34-53(51)58)55-37-21-39-61-62(55)59-36-19-20-38-60(59)66(61,46-26-9-3-10-27-46)47-28-11-4-12-29-47/h1-43H. The summed E-state index contributed by atoms with van der Waals surface area (Å²) >= 11 is 0. The van der Waals surface area contributed by atoms with Gasteiger partial charge in [0.25, 0.3) is 0 Å². The number of benzene rings is 11. The molecule has 3 heteroatoms. The molecule has 0 fully saturated rings. The van der Waals surface area contributed by atoms with E-state index in [0.29, 0.717) is 17.5 Å². The molecule has 3 nitrogen and oxygen atoms in total. The first-order valence-corrected chi connectivity index (χ1v) is 23.6. The molecule has 1 aliphatic carbocycles. The van der Waals surface area contributed by atoms with Crippen LogP contribution in [0.25, 0.3) is 100 Å². The van der Waals surface area contributed by atoms with Gasteiger partial charge in [0.15, 0.2) is 17.5 Å². The Labute approximate surface area is 401 Å². The lowest BCUT2D eigenvalue weighted by molar-refractivity contribution is 0.768. The summed E-state index contributed by atoms with van der Waals surface area (Å²) in [5.74, 6) is 1.86. The molecule has 12 aromatic rings. The zero-order valence-corrected chi connectivity index (χ0v) is 37.7. The van der Waals surface area contributed by atoms with Crippen LogP contribution in [-0.2, 0) is 5.41 Å². The molecular weight excluding hydrogens is 835 g/mol. The van der Waals surface area contributed by atoms with E-state index in [1.807, 2.05) is 0 Å². The Hall–Kier alpha value is -9.05. The van der Waals surface area contributed by atoms with Crippen molar-refractivity contribution in [3.8, 4) is 78.7 Å². The normalized spacial score (nSPS) is 12.5. The second kappa shape index (κ2) is 16.7. The van der Waals surface area contributed by atoms with E-state index in [4.69, 9.17) is 15.0 Å². The van der Waals surface area contributed by atoms with E-state index in [-0.39, 0.29) is 0 Å². The number of hydrogen-bond acceptors (Lipinski definition) is 3. The number of hydrogen-bond donors (Lipinski definition) is 0. The predicted octanol–water partition coefficient (Wildman–Crippen LogP) is 16.5. The Morgan fingerprint density at radius 3 is 1.14 bits per heavy atom. The highest BCUT2D eigenvalue weighted by Gasteiger charge is 2.46. The van der Waals surface area contributed by atoms with Crippen molar-refractivity contribution in [2.75, 3.05) is 0 Å². The van der Waals surface area contributed by atoms with Gasteiger partial charge < -0.3 is 0 Å². The van der Waals surface area contributed by atoms with Crippen molar-refractivity contribution in [1.29, 1.82) is 0 Å². The molecule has 1 aliphatic rings. The van der Waals surface area contributed by atoms with Gasteiger partial charge in [0.2, 0.25) is 0 Å². The quantitative estimate of drug-likeness (QED) is 0.153. The molecule has 0 atom stereocenters. The average Bonchev–Trinajstić information content (AvgIpc) is 3.74. The molecule has 322 valence electrons. The monoisotopic (exact) mass is 877 g/mol. The van der Waals surface area contributed by atoms with Gasteiger partial charge in [-0.15, -0.1) is 0 Å². The van der Waals surface area contributed by atoms with Crippen molar-refractivity contribution in [2.45, 2.75) is 5.41 Å². The third kappa shape index (κ3) is 6.54. The number of aromatic nitrogens is 3. The maximum absolute atomic E-state index is 5.46. The molecule has 11 aromatic carbocycles. The summed E-state index contributed by atoms with van der Waals surface area (Å²) in [6.45, 7) is 0. The second-order valence-corrected chi connectivity index (χ2v) is 17.8. The lowest BCUT2D eigenvalue weighted by Gasteiger charge is -2.34. The van der Waals surface area contributed by atoms with Crippen molar-refractivity contribution in [3.05, 3.63) is 283 Å². The fraction of sp³-hybridized carbons (Fsp3) is 0.0152. The Bertz CT molecular complexity index is 3840. The highest BCUT2D eigenvalue weighted by atomic mass is 15.0. The lowest BCUT2D eigenvalue weighted by Crippen LogP contribution is -2.28. The third-order valence-corrected chi connectivity index (χ3v) is 14.1. The molecular formula is C66H43N3. The summed E-state index contributed by atoms with van der Waals surface area (Å²) in [6, 6.07) is 93.6. The Kier molecular flexibility index (Phi) is 9.73. The third-order valence-electron chi connectivity index (χ3n) is 14.1. The number of rotatable bonds is 8. The molecule has 0 aliphatic heterocycles. The minimum atomic E-state index is -0.503. The minimum Gasteiger partial charge on any atom is -0.208 e. The van der Waals surface area contributed by atoms with E-state index >= 15 is 0 Å². The molecule has 0 amide bonds. The smallest absolute Gasteiger partial charge is 0.164 e. The van der Waals surface area contributed by atoms with Gasteiger partial charge in [-0.3, -0.25) is 0 Å². The number of fused-ring (bicyclic) bond motifs is 5. The summed E-state index contributed by atoms with van der Waals surface area (Å²) < 4.78 is 0. The van der Waals surface area contributed by atoms with Crippen LogP contribution in [0, 0.1) is 0 Å². The average molecular weight is 878 g/mol. The Balaban J connectivity index is 1.04. The van der Waals surface area contributed by atoms with Crippen LogP contribution in [0.1, 0.15) is 22.3 Å². The van der Waals surface area contributed by atoms with Gasteiger partial charge >= 0.3 is 0 Å². The molecule has 1 aromatic heterocycles. The zero-order valence-electron chi connectivity index (χ0n) is 37.7. The van der Waals surface area contributed by atoms with Crippen LogP contribution in [-0.4, -0.2) is 15.0 Å². The van der Waals surface area contributed by atoms with Gasteiger partial charge in [-0.05, 0) is 100 Å². The first-order valence-electron chi connectivity index (χ1n) is 23.6. The maximum Gasteiger partial charge on any atom is 0.164 e. The molecule has 0 N–H and O–H groups in total. The fourth-order valence-electron chi connectivity index (χ4n) is 11.1. The first kappa shape index (κ1) is 40.2. The molecule has 69 heavy (non-hydrogen) atoms. The van der Waals surface area contributed by atoms with Crippen molar-refractivity contribution in [1.82, 2.24) is 15.0 Å². The summed E-state index contributed by atoms with van der Waals surface area (Å²) in [4.78, 5) is 16.3. The summed E-state index contributed by atoms with van der Waals surface area (Å²) in [5.41, 5.74) is 16.7. The maximum atomic E-state index is 5.46. The van der Waals surface area contributed by atoms with Crippen LogP contribution >= 0.6 is 0 Å². The van der Waals surface area contributed by atoms with Crippen LogP contribution < -0.4 is 0 Å². The highest BCUT2D eigenvalue weighted by Crippen LogP contribution is 2.58. The van der Waals surface area contributed by atoms with Gasteiger partial charge in [-0.25, -0.2) is 15.0 Å². The topological polar surface area (TPSA) is 38.7 Å². The van der Waals surface area contributed by atoms with E-state index in [2.05, 4.69) is 261 Å². The molecule has 0 saturated carbocycles. The lowest BCUT2D eigenvalue weighted by atomic mass is 9.67. The van der Waals surface area contributed by atoms with E-state index in [0.717, 1.165) is 54.9 Å². The van der Waals surface area contributed by atoms with E-state index in [1.165, 1.54) is 50.1 Å². The zero-order chi connectivity index (χ0) is 45.7. The molecule has 1 heterocycles. The summed E-state index contributed by atoms with van der Waals surface area (Å²) in [7, 11) is 0. The molecule has 0 radical (unpaired) electrons. The molecule has 0 spiro atoms. The predicted molar refractivity (Wildman–Crippen MR) is 285 cm³/mol. The Morgan fingerprint density at radius 2 is 0.580 bits per heavy atom. The molecule has 0 bridgehead atoms. The van der Waals surface area contributed by atoms with Gasteiger partial charge in [-0.1, -0.05) is 249 Å². The fourth-order valence-corrected chi connectivity index (χ4v) is 11.1. The van der Waals surface area contributed by atoms with Crippen molar-refractivity contribution >= 4 is 21.5 Å². The van der Waals surface area contributed by atoms with Crippen LogP contribution in [0.5, 0.6) is 0 Å². The van der Waals surface area contributed by atoms with Crippen LogP contribution in [0.3, 0.4) is 0 Å². The van der Waals surface area contributed by atoms with Crippen LogP contribution in [0.4, 0.5) is 0 Å². The van der Waals surface area contributed by atoms with Gasteiger partial charge in [0, 0.05) is 16.7 Å². The number of nitrogens with zero attached hydrogens (tertiary/aromatic N) is 3. The van der Waals surface area contributed by atoms with Crippen LogP contribution in [0.15, 0.2) is 261 Å². The molecule has 13 rings (SSSR count). The van der Waals surface area contributed by atoms with Gasteiger partial charge in [0.1, 0.15) is 0 Å². The second-order valence-electron chi connectivity index (χ2n) is 17.8. The SMILES string of the molecule is c1ccc(-c2ccccc2-c2nc(-c3ccc(-c4ccccc4)c4ccccc34)nc(-c3ccc(-c4cccc5c4-c4ccccc4C5(c4ccccc4)c4ccccc4)c4ccccc34)n2)cc1. The van der Waals surface area contributed by atoms with Gasteiger partial charge in [0.05, 0.1) is 5.41 Å². The highest BCUT2D eigenvalue weighted by molar-refractivity contribution is 6.09. The molecule has 0 saturated heterocycles. The van der Waals surface area contributed by atoms with E-state index < -0.39 is 5.41 Å². The van der Waals surface area contributed by atoms with Crippen molar-refractivity contribution in [3.63, 3.8) is 0 Å². The molecule has 0 unspecified atom stereocenters. The largest absolute Gasteiger partial charge is 0.208 e. The first-order chi connectivity index (χ1) is 34.3. The Morgan fingerprint density at radius 1 is 0.217 bits per heavy atom. The van der Waals surface area contributed by atoms with E-state index in [1.54, 1.807) is 0 Å². The van der Waals surface area contributed by atoms with Crippen LogP contribution in [0.2, 0.25) is 0 Å². The summed E-state index contributed by atoms with van der Waals surface area (Å²) in [6.07, 6.45) is 0. The van der Waals surface area contributed by atoms with Crippen molar-refractivity contribution < 1.29 is 0 Å². The van der Waals surface area contributed by atoms with E-state index in [9.17, 15) is 0 Å². The van der Waals surface area contributed by atoms with Gasteiger partial charge in [-0.2, -0.15) is 0 Å². The van der Waals surface area contributed by atoms with Crippen molar-refractivity contribution in [2.24, 2.45) is 0 Å².